The van der Waals surface area contributed by atoms with Gasteiger partial charge >= 0.3 is 6.03 Å². The van der Waals surface area contributed by atoms with Crippen LogP contribution in [0, 0.1) is 13.8 Å². The van der Waals surface area contributed by atoms with E-state index >= 15 is 0 Å². The van der Waals surface area contributed by atoms with E-state index in [0.29, 0.717) is 5.69 Å². The molecule has 4 amide bonds. The van der Waals surface area contributed by atoms with E-state index < -0.39 is 17.8 Å². The first-order valence-electron chi connectivity index (χ1n) is 10.0. The van der Waals surface area contributed by atoms with Crippen LogP contribution in [-0.4, -0.2) is 27.4 Å². The largest absolute Gasteiger partial charge is 0.335 e. The van der Waals surface area contributed by atoms with Gasteiger partial charge in [-0.05, 0) is 67.8 Å². The van der Waals surface area contributed by atoms with Crippen molar-refractivity contribution in [3.05, 3.63) is 82.9 Å². The normalized spacial score (nSPS) is 15.5. The maximum atomic E-state index is 13.1. The van der Waals surface area contributed by atoms with Gasteiger partial charge in [-0.15, -0.1) is 0 Å². The number of nitrogens with zero attached hydrogens (tertiary/aromatic N) is 3. The number of amides is 4. The third-order valence-electron chi connectivity index (χ3n) is 5.40. The predicted molar refractivity (Wildman–Crippen MR) is 118 cm³/mol. The van der Waals surface area contributed by atoms with Crippen molar-refractivity contribution >= 4 is 29.6 Å². The molecule has 1 saturated heterocycles. The van der Waals surface area contributed by atoms with E-state index in [2.05, 4.69) is 10.3 Å². The molecule has 0 unspecified atom stereocenters. The van der Waals surface area contributed by atoms with Gasteiger partial charge in [-0.1, -0.05) is 19.1 Å². The Morgan fingerprint density at radius 2 is 1.65 bits per heavy atom. The van der Waals surface area contributed by atoms with E-state index in [1.807, 2.05) is 55.7 Å². The van der Waals surface area contributed by atoms with Crippen LogP contribution in [0.15, 0.2) is 60.4 Å². The zero-order valence-corrected chi connectivity index (χ0v) is 17.5. The Bertz CT molecular complexity index is 1210. The van der Waals surface area contributed by atoms with E-state index in [9.17, 15) is 14.4 Å². The number of carbonyl (C=O) groups excluding carboxylic acids is 3. The molecule has 2 aromatic heterocycles. The molecule has 7 heteroatoms. The van der Waals surface area contributed by atoms with Gasteiger partial charge in [0.25, 0.3) is 11.8 Å². The lowest BCUT2D eigenvalue weighted by Gasteiger charge is -2.26. The van der Waals surface area contributed by atoms with Gasteiger partial charge < -0.3 is 4.57 Å². The summed E-state index contributed by atoms with van der Waals surface area (Å²) in [6.45, 7) is 5.89. The van der Waals surface area contributed by atoms with Gasteiger partial charge in [-0.2, -0.15) is 0 Å². The van der Waals surface area contributed by atoms with E-state index in [1.165, 1.54) is 6.08 Å². The predicted octanol–water partition coefficient (Wildman–Crippen LogP) is 3.72. The van der Waals surface area contributed by atoms with Gasteiger partial charge in [-0.25, -0.2) is 9.69 Å². The fourth-order valence-electron chi connectivity index (χ4n) is 3.75. The molecule has 0 bridgehead atoms. The Morgan fingerprint density at radius 1 is 0.968 bits per heavy atom. The van der Waals surface area contributed by atoms with Crippen LogP contribution in [0.4, 0.5) is 10.5 Å². The summed E-state index contributed by atoms with van der Waals surface area (Å²) < 4.78 is 2.02. The topological polar surface area (TPSA) is 84.3 Å². The Hall–Kier alpha value is -4.00. The number of nitrogens with one attached hydrogen (secondary N) is 1. The van der Waals surface area contributed by atoms with Crippen LogP contribution in [0.25, 0.3) is 11.8 Å². The van der Waals surface area contributed by atoms with Crippen molar-refractivity contribution in [1.29, 1.82) is 0 Å². The molecule has 1 N–H and O–H groups in total. The van der Waals surface area contributed by atoms with Crippen LogP contribution < -0.4 is 10.2 Å². The third-order valence-corrected chi connectivity index (χ3v) is 5.40. The lowest BCUT2D eigenvalue weighted by atomic mass is 10.1. The number of hydrogen-bond acceptors (Lipinski definition) is 4. The smallest absolute Gasteiger partial charge is 0.318 e. The number of aryl methyl sites for hydroxylation is 2. The quantitative estimate of drug-likeness (QED) is 0.521. The Labute approximate surface area is 180 Å². The van der Waals surface area contributed by atoms with Gasteiger partial charge in [-0.3, -0.25) is 19.9 Å². The third kappa shape index (κ3) is 3.66. The molecule has 0 saturated carbocycles. The summed E-state index contributed by atoms with van der Waals surface area (Å²) in [5.74, 6) is -1.35. The lowest BCUT2D eigenvalue weighted by molar-refractivity contribution is -0.122. The second kappa shape index (κ2) is 8.02. The van der Waals surface area contributed by atoms with Gasteiger partial charge in [0.15, 0.2) is 0 Å². The molecule has 3 heterocycles. The molecule has 7 nitrogen and oxygen atoms in total. The van der Waals surface area contributed by atoms with Crippen molar-refractivity contribution in [1.82, 2.24) is 14.9 Å². The molecule has 3 aromatic rings. The molecule has 1 fully saturated rings. The number of imide groups is 2. The fraction of sp³-hybridized carbons (Fsp3) is 0.167. The highest BCUT2D eigenvalue weighted by Crippen LogP contribution is 2.26. The molecule has 0 spiro atoms. The molecule has 0 radical (unpaired) electrons. The molecule has 4 rings (SSSR count). The summed E-state index contributed by atoms with van der Waals surface area (Å²) >= 11 is 0. The maximum absolute atomic E-state index is 13.1. The van der Waals surface area contributed by atoms with Crippen LogP contribution >= 0.6 is 0 Å². The maximum Gasteiger partial charge on any atom is 0.335 e. The molecule has 1 aliphatic rings. The Kier molecular flexibility index (Phi) is 5.25. The van der Waals surface area contributed by atoms with Gasteiger partial charge in [0.2, 0.25) is 0 Å². The van der Waals surface area contributed by atoms with Gasteiger partial charge in [0.1, 0.15) is 5.57 Å². The molecule has 156 valence electrons. The number of pyridine rings is 1. The average Bonchev–Trinajstić information content (AvgIpc) is 3.05. The molecular formula is C24H22N4O3. The zero-order chi connectivity index (χ0) is 22.1. The van der Waals surface area contributed by atoms with Gasteiger partial charge in [0.05, 0.1) is 5.69 Å². The highest BCUT2D eigenvalue weighted by atomic mass is 16.2. The van der Waals surface area contributed by atoms with E-state index in [0.717, 1.165) is 39.5 Å². The van der Waals surface area contributed by atoms with E-state index in [4.69, 9.17) is 0 Å². The molecule has 1 aliphatic heterocycles. The number of urea groups is 1. The van der Waals surface area contributed by atoms with Crippen LogP contribution in [0.1, 0.15) is 29.4 Å². The molecule has 31 heavy (non-hydrogen) atoms. The van der Waals surface area contributed by atoms with Crippen LogP contribution in [0.3, 0.4) is 0 Å². The number of carbonyl (C=O) groups is 3. The van der Waals surface area contributed by atoms with Crippen molar-refractivity contribution < 1.29 is 14.4 Å². The minimum absolute atomic E-state index is 0.0888. The number of aromatic nitrogens is 2. The molecule has 0 atom stereocenters. The monoisotopic (exact) mass is 414 g/mol. The number of anilines is 1. The van der Waals surface area contributed by atoms with Crippen LogP contribution in [0.2, 0.25) is 0 Å². The minimum Gasteiger partial charge on any atom is -0.318 e. The lowest BCUT2D eigenvalue weighted by Crippen LogP contribution is -2.54. The zero-order valence-electron chi connectivity index (χ0n) is 17.5. The van der Waals surface area contributed by atoms with E-state index in [-0.39, 0.29) is 5.57 Å². The van der Waals surface area contributed by atoms with Gasteiger partial charge in [0, 0.05) is 29.5 Å². The Balaban J connectivity index is 1.74. The fourth-order valence-corrected chi connectivity index (χ4v) is 3.75. The summed E-state index contributed by atoms with van der Waals surface area (Å²) in [5.41, 5.74) is 4.89. The first-order chi connectivity index (χ1) is 14.9. The first-order valence-corrected chi connectivity index (χ1v) is 10.0. The first kappa shape index (κ1) is 20.3. The second-order valence-electron chi connectivity index (χ2n) is 7.35. The molecular weight excluding hydrogens is 392 g/mol. The number of rotatable bonds is 4. The van der Waals surface area contributed by atoms with Crippen molar-refractivity contribution in [3.63, 3.8) is 0 Å². The average molecular weight is 414 g/mol. The summed E-state index contributed by atoms with van der Waals surface area (Å²) in [4.78, 5) is 43.1. The minimum atomic E-state index is -0.751. The van der Waals surface area contributed by atoms with Crippen molar-refractivity contribution in [2.24, 2.45) is 0 Å². The standard InChI is InChI=1S/C24H22N4O3/c1-4-17-5-7-19(8-6-17)28-23(30)21(22(29)26-24(28)31)14-18-13-15(2)27(16(18)3)20-9-11-25-12-10-20/h5-14H,4H2,1-3H3,(H,26,29,31). The van der Waals surface area contributed by atoms with E-state index in [1.54, 1.807) is 24.5 Å². The highest BCUT2D eigenvalue weighted by molar-refractivity contribution is 6.39. The van der Waals surface area contributed by atoms with Crippen LogP contribution in [0.5, 0.6) is 0 Å². The summed E-state index contributed by atoms with van der Waals surface area (Å²) in [6, 6.07) is 12.1. The summed E-state index contributed by atoms with van der Waals surface area (Å²) in [5, 5.41) is 2.27. The molecule has 0 aliphatic carbocycles. The van der Waals surface area contributed by atoms with Crippen LogP contribution in [-0.2, 0) is 16.0 Å². The highest BCUT2D eigenvalue weighted by Gasteiger charge is 2.37. The number of barbiturate groups is 1. The summed E-state index contributed by atoms with van der Waals surface area (Å²) in [7, 11) is 0. The van der Waals surface area contributed by atoms with Crippen molar-refractivity contribution in [3.8, 4) is 5.69 Å². The van der Waals surface area contributed by atoms with Crippen molar-refractivity contribution in [2.75, 3.05) is 4.90 Å². The SMILES string of the molecule is CCc1ccc(N2C(=O)NC(=O)C(=Cc3cc(C)n(-c4ccncc4)c3C)C2=O)cc1. The van der Waals surface area contributed by atoms with Crippen molar-refractivity contribution in [2.45, 2.75) is 27.2 Å². The second-order valence-corrected chi connectivity index (χ2v) is 7.35. The Morgan fingerprint density at radius 3 is 2.29 bits per heavy atom. The molecule has 1 aromatic carbocycles. The summed E-state index contributed by atoms with van der Waals surface area (Å²) in [6.07, 6.45) is 5.80. The number of hydrogen-bond donors (Lipinski definition) is 1. The number of benzene rings is 1.